The minimum atomic E-state index is -4.57. The van der Waals surface area contributed by atoms with Crippen LogP contribution in [0.25, 0.3) is 0 Å². The molecule has 0 aliphatic carbocycles. The number of aliphatic carboxylic acids is 1. The van der Waals surface area contributed by atoms with Gasteiger partial charge in [0, 0.05) is 0 Å². The molecule has 2 N–H and O–H groups in total. The molecule has 0 radical (unpaired) electrons. The van der Waals surface area contributed by atoms with E-state index >= 15 is 0 Å². The van der Waals surface area contributed by atoms with Crippen molar-refractivity contribution in [1.29, 1.82) is 0 Å². The molecule has 1 aromatic rings. The predicted octanol–water partition coefficient (Wildman–Crippen LogP) is 0.495. The summed E-state index contributed by atoms with van der Waals surface area (Å²) in [7, 11) is -4.57. The molecule has 0 bridgehead atoms. The van der Waals surface area contributed by atoms with Gasteiger partial charge in [-0.1, -0.05) is 12.1 Å². The highest BCUT2D eigenvalue weighted by Crippen LogP contribution is 2.15. The molecule has 0 aliphatic heterocycles. The lowest BCUT2D eigenvalue weighted by Crippen LogP contribution is -2.07. The molecule has 0 aliphatic rings. The Morgan fingerprint density at radius 2 is 2.07 bits per heavy atom. The average Bonchev–Trinajstić information content (AvgIpc) is 1.99. The van der Waals surface area contributed by atoms with Gasteiger partial charge in [-0.25, -0.2) is 0 Å². The molecule has 0 spiro atoms. The maximum Gasteiger partial charge on any atom is 0.446 e. The van der Waals surface area contributed by atoms with Crippen molar-refractivity contribution in [2.75, 3.05) is 0 Å². The number of carboxylic acid groups (broad SMARTS) is 1. The van der Waals surface area contributed by atoms with Crippen molar-refractivity contribution in [3.05, 3.63) is 29.8 Å². The van der Waals surface area contributed by atoms with Crippen LogP contribution >= 0.6 is 0 Å². The van der Waals surface area contributed by atoms with Crippen molar-refractivity contribution >= 4 is 16.4 Å². The Labute approximate surface area is 86.1 Å². The van der Waals surface area contributed by atoms with Gasteiger partial charge in [-0.3, -0.25) is 9.35 Å². The zero-order chi connectivity index (χ0) is 11.5. The Bertz CT molecular complexity index is 464. The minimum Gasteiger partial charge on any atom is -0.481 e. The highest BCUT2D eigenvalue weighted by molar-refractivity contribution is 7.81. The molecule has 0 unspecified atom stereocenters. The lowest BCUT2D eigenvalue weighted by atomic mass is 10.1. The summed E-state index contributed by atoms with van der Waals surface area (Å²) in [4.78, 5) is 10.4. The highest BCUT2D eigenvalue weighted by atomic mass is 32.3. The van der Waals surface area contributed by atoms with E-state index in [1.54, 1.807) is 0 Å². The molecule has 7 heteroatoms. The third kappa shape index (κ3) is 4.43. The minimum absolute atomic E-state index is 0.128. The lowest BCUT2D eigenvalue weighted by molar-refractivity contribution is -0.136. The molecule has 6 nitrogen and oxygen atoms in total. The topological polar surface area (TPSA) is 101 Å². The first kappa shape index (κ1) is 11.5. The molecule has 0 heterocycles. The average molecular weight is 232 g/mol. The Morgan fingerprint density at radius 1 is 1.40 bits per heavy atom. The number of rotatable bonds is 4. The monoisotopic (exact) mass is 232 g/mol. The number of hydrogen-bond acceptors (Lipinski definition) is 4. The van der Waals surface area contributed by atoms with Crippen molar-refractivity contribution in [3.8, 4) is 5.75 Å². The summed E-state index contributed by atoms with van der Waals surface area (Å²) in [6, 6.07) is 5.45. The third-order valence-electron chi connectivity index (χ3n) is 1.46. The van der Waals surface area contributed by atoms with Crippen molar-refractivity contribution in [1.82, 2.24) is 0 Å². The fourth-order valence-electron chi connectivity index (χ4n) is 1.00. The first-order valence-electron chi connectivity index (χ1n) is 3.84. The van der Waals surface area contributed by atoms with Gasteiger partial charge < -0.3 is 9.29 Å². The first-order valence-corrected chi connectivity index (χ1v) is 5.21. The van der Waals surface area contributed by atoms with Gasteiger partial charge in [0.25, 0.3) is 0 Å². The van der Waals surface area contributed by atoms with E-state index in [1.807, 2.05) is 0 Å². The fraction of sp³-hybridized carbons (Fsp3) is 0.125. The summed E-state index contributed by atoms with van der Waals surface area (Å²) in [5.74, 6) is -1.17. The summed E-state index contributed by atoms with van der Waals surface area (Å²) in [6.45, 7) is 0. The van der Waals surface area contributed by atoms with E-state index in [2.05, 4.69) is 4.18 Å². The molecular weight excluding hydrogens is 224 g/mol. The molecule has 1 aromatic carbocycles. The van der Waals surface area contributed by atoms with Gasteiger partial charge in [0.2, 0.25) is 0 Å². The Morgan fingerprint density at radius 3 is 2.60 bits per heavy atom. The summed E-state index contributed by atoms with van der Waals surface area (Å²) in [5.41, 5.74) is 0.378. The molecule has 82 valence electrons. The van der Waals surface area contributed by atoms with Gasteiger partial charge in [-0.05, 0) is 17.7 Å². The molecule has 15 heavy (non-hydrogen) atoms. The summed E-state index contributed by atoms with van der Waals surface area (Å²) in [5, 5.41) is 8.48. The Kier molecular flexibility index (Phi) is 3.28. The smallest absolute Gasteiger partial charge is 0.446 e. The van der Waals surface area contributed by atoms with Crippen molar-refractivity contribution in [2.24, 2.45) is 0 Å². The molecule has 0 saturated carbocycles. The highest BCUT2D eigenvalue weighted by Gasteiger charge is 2.08. The first-order chi connectivity index (χ1) is 6.87. The van der Waals surface area contributed by atoms with Gasteiger partial charge in [0.15, 0.2) is 0 Å². The number of carbonyl (C=O) groups is 1. The van der Waals surface area contributed by atoms with E-state index in [4.69, 9.17) is 9.66 Å². The third-order valence-corrected chi connectivity index (χ3v) is 1.86. The maximum atomic E-state index is 10.4. The van der Waals surface area contributed by atoms with E-state index < -0.39 is 16.4 Å². The molecule has 0 saturated heterocycles. The quantitative estimate of drug-likeness (QED) is 0.733. The van der Waals surface area contributed by atoms with Crippen LogP contribution in [0, 0.1) is 0 Å². The van der Waals surface area contributed by atoms with E-state index in [-0.39, 0.29) is 12.2 Å². The second-order valence-corrected chi connectivity index (χ2v) is 3.75. The van der Waals surface area contributed by atoms with Gasteiger partial charge >= 0.3 is 16.4 Å². The second kappa shape index (κ2) is 4.28. The van der Waals surface area contributed by atoms with Gasteiger partial charge in [-0.2, -0.15) is 8.42 Å². The van der Waals surface area contributed by atoms with Crippen LogP contribution in [-0.4, -0.2) is 24.0 Å². The van der Waals surface area contributed by atoms with E-state index in [0.717, 1.165) is 0 Å². The number of hydrogen-bond donors (Lipinski definition) is 2. The molecule has 0 amide bonds. The Hall–Kier alpha value is -1.60. The zero-order valence-electron chi connectivity index (χ0n) is 7.45. The van der Waals surface area contributed by atoms with Crippen LogP contribution in [0.5, 0.6) is 5.75 Å². The Balaban J connectivity index is 2.88. The standard InChI is InChI=1S/C8H8O6S/c9-8(10)5-6-2-1-3-7(4-6)14-15(11,12)13/h1-4H,5H2,(H,9,10)(H,11,12,13). The van der Waals surface area contributed by atoms with Crippen LogP contribution in [0.1, 0.15) is 5.56 Å². The summed E-state index contributed by atoms with van der Waals surface area (Å²) in [6.07, 6.45) is -0.247. The van der Waals surface area contributed by atoms with Crippen molar-refractivity contribution < 1.29 is 27.1 Å². The number of benzene rings is 1. The SMILES string of the molecule is O=C(O)Cc1cccc(OS(=O)(=O)O)c1. The van der Waals surface area contributed by atoms with E-state index in [0.29, 0.717) is 5.56 Å². The normalized spacial score (nSPS) is 11.0. The number of carboxylic acids is 1. The van der Waals surface area contributed by atoms with Crippen LogP contribution < -0.4 is 4.18 Å². The lowest BCUT2D eigenvalue weighted by Gasteiger charge is -2.02. The van der Waals surface area contributed by atoms with E-state index in [1.165, 1.54) is 24.3 Å². The molecule has 0 aromatic heterocycles. The molecule has 0 atom stereocenters. The summed E-state index contributed by atoms with van der Waals surface area (Å²) >= 11 is 0. The van der Waals surface area contributed by atoms with Gasteiger partial charge in [-0.15, -0.1) is 0 Å². The van der Waals surface area contributed by atoms with Crippen molar-refractivity contribution in [2.45, 2.75) is 6.42 Å². The van der Waals surface area contributed by atoms with Crippen molar-refractivity contribution in [3.63, 3.8) is 0 Å². The van der Waals surface area contributed by atoms with E-state index in [9.17, 15) is 13.2 Å². The molecular formula is C8H8O6S. The molecule has 1 rings (SSSR count). The largest absolute Gasteiger partial charge is 0.481 e. The van der Waals surface area contributed by atoms with Crippen LogP contribution in [0.15, 0.2) is 24.3 Å². The summed E-state index contributed by atoms with van der Waals surface area (Å²) < 4.78 is 33.2. The fourth-order valence-corrected chi connectivity index (χ4v) is 1.35. The predicted molar refractivity (Wildman–Crippen MR) is 50.0 cm³/mol. The van der Waals surface area contributed by atoms with Gasteiger partial charge in [0.1, 0.15) is 5.75 Å². The van der Waals surface area contributed by atoms with Crippen LogP contribution in [-0.2, 0) is 21.6 Å². The van der Waals surface area contributed by atoms with Crippen LogP contribution in [0.3, 0.4) is 0 Å². The zero-order valence-corrected chi connectivity index (χ0v) is 8.27. The van der Waals surface area contributed by atoms with Crippen LogP contribution in [0.2, 0.25) is 0 Å². The maximum absolute atomic E-state index is 10.4. The van der Waals surface area contributed by atoms with Crippen LogP contribution in [0.4, 0.5) is 0 Å². The van der Waals surface area contributed by atoms with Gasteiger partial charge in [0.05, 0.1) is 6.42 Å². The second-order valence-electron chi connectivity index (χ2n) is 2.73. The molecule has 0 fully saturated rings.